The van der Waals surface area contributed by atoms with Crippen LogP contribution in [0.1, 0.15) is 26.0 Å². The number of alkyl halides is 3. The molecule has 2 N–H and O–H groups in total. The number of aryl methyl sites for hydroxylation is 1. The summed E-state index contributed by atoms with van der Waals surface area (Å²) in [6.07, 6.45) is 1.11. The van der Waals surface area contributed by atoms with Gasteiger partial charge in [0.2, 0.25) is 0 Å². The summed E-state index contributed by atoms with van der Waals surface area (Å²) < 4.78 is 49.0. The first-order valence-corrected chi connectivity index (χ1v) is 11.1. The summed E-state index contributed by atoms with van der Waals surface area (Å²) in [4.78, 5) is 11.5. The van der Waals surface area contributed by atoms with E-state index in [4.69, 9.17) is 16.3 Å². The molecule has 0 bridgehead atoms. The molecule has 3 heterocycles. The zero-order valence-corrected chi connectivity index (χ0v) is 19.9. The van der Waals surface area contributed by atoms with E-state index in [0.717, 1.165) is 10.9 Å². The summed E-state index contributed by atoms with van der Waals surface area (Å²) in [5.74, 6) is 0.636. The molecular weight excluding hydrogens is 483 g/mol. The maximum atomic E-state index is 14.3. The number of nitrogens with one attached hydrogen (secondary N) is 1. The van der Waals surface area contributed by atoms with E-state index in [1.165, 1.54) is 33.4 Å². The Morgan fingerprint density at radius 1 is 1.09 bits per heavy atom. The van der Waals surface area contributed by atoms with Gasteiger partial charge in [0.1, 0.15) is 5.75 Å². The molecule has 0 spiro atoms. The van der Waals surface area contributed by atoms with Gasteiger partial charge in [-0.3, -0.25) is 4.68 Å². The number of halogens is 4. The number of methoxy groups -OCH3 is 1. The second-order valence-electron chi connectivity index (χ2n) is 8.54. The van der Waals surface area contributed by atoms with Crippen LogP contribution in [-0.4, -0.2) is 42.5 Å². The van der Waals surface area contributed by atoms with Crippen molar-refractivity contribution in [3.8, 4) is 39.5 Å². The molecule has 7 nitrogen and oxygen atoms in total. The molecule has 4 rings (SSSR count). The number of aromatic amines is 1. The summed E-state index contributed by atoms with van der Waals surface area (Å²) in [7, 11) is 1.48. The van der Waals surface area contributed by atoms with Crippen LogP contribution in [0.3, 0.4) is 0 Å². The summed E-state index contributed by atoms with van der Waals surface area (Å²) in [5, 5.41) is 14.3. The molecule has 35 heavy (non-hydrogen) atoms. The Bertz CT molecular complexity index is 1330. The SMILES string of the molecule is COc1cccc(-c2c[nH]c(-c3cnn(CCC(C)(C)O)c3C(F)(F)F)c2-c2ncccn2)c1Cl. The summed E-state index contributed by atoms with van der Waals surface area (Å²) >= 11 is 6.55. The molecule has 0 aliphatic heterocycles. The van der Waals surface area contributed by atoms with Gasteiger partial charge < -0.3 is 14.8 Å². The van der Waals surface area contributed by atoms with Crippen LogP contribution in [0, 0.1) is 0 Å². The van der Waals surface area contributed by atoms with Crippen molar-refractivity contribution in [3.63, 3.8) is 0 Å². The fourth-order valence-corrected chi connectivity index (χ4v) is 4.11. The normalized spacial score (nSPS) is 12.2. The average Bonchev–Trinajstić information content (AvgIpc) is 3.42. The quantitative estimate of drug-likeness (QED) is 0.329. The van der Waals surface area contributed by atoms with E-state index in [-0.39, 0.29) is 30.0 Å². The van der Waals surface area contributed by atoms with Crippen molar-refractivity contribution in [2.75, 3.05) is 7.11 Å². The molecule has 0 saturated carbocycles. The zero-order valence-electron chi connectivity index (χ0n) is 19.2. The van der Waals surface area contributed by atoms with Gasteiger partial charge in [0, 0.05) is 41.8 Å². The number of aliphatic hydroxyl groups is 1. The molecule has 0 fully saturated rings. The Kier molecular flexibility index (Phi) is 6.61. The van der Waals surface area contributed by atoms with Crippen molar-refractivity contribution in [1.82, 2.24) is 24.7 Å². The van der Waals surface area contributed by atoms with E-state index in [9.17, 15) is 18.3 Å². The topological polar surface area (TPSA) is 88.8 Å². The van der Waals surface area contributed by atoms with Crippen molar-refractivity contribution in [1.29, 1.82) is 0 Å². The summed E-state index contributed by atoms with van der Waals surface area (Å²) in [5.41, 5.74) is -0.725. The molecule has 0 aliphatic rings. The van der Waals surface area contributed by atoms with Gasteiger partial charge in [-0.05, 0) is 32.4 Å². The van der Waals surface area contributed by atoms with Crippen LogP contribution in [0.5, 0.6) is 5.75 Å². The molecule has 11 heteroatoms. The van der Waals surface area contributed by atoms with Gasteiger partial charge in [-0.1, -0.05) is 23.7 Å². The van der Waals surface area contributed by atoms with Gasteiger partial charge in [0.05, 0.1) is 35.2 Å². The maximum absolute atomic E-state index is 14.3. The lowest BCUT2D eigenvalue weighted by Crippen LogP contribution is -2.24. The van der Waals surface area contributed by atoms with Crippen LogP contribution in [0.15, 0.2) is 49.1 Å². The number of benzene rings is 1. The minimum absolute atomic E-state index is 0.0846. The van der Waals surface area contributed by atoms with E-state index >= 15 is 0 Å². The zero-order chi connectivity index (χ0) is 25.4. The van der Waals surface area contributed by atoms with Crippen molar-refractivity contribution in [2.24, 2.45) is 0 Å². The number of H-pyrrole nitrogens is 1. The molecule has 1 aromatic carbocycles. The van der Waals surface area contributed by atoms with Gasteiger partial charge in [-0.15, -0.1) is 0 Å². The van der Waals surface area contributed by atoms with Crippen molar-refractivity contribution >= 4 is 11.6 Å². The van der Waals surface area contributed by atoms with Crippen LogP contribution in [0.4, 0.5) is 13.2 Å². The van der Waals surface area contributed by atoms with Crippen LogP contribution < -0.4 is 4.74 Å². The molecule has 0 saturated heterocycles. The van der Waals surface area contributed by atoms with Crippen LogP contribution in [0.25, 0.3) is 33.8 Å². The molecule has 0 unspecified atom stereocenters. The summed E-state index contributed by atoms with van der Waals surface area (Å²) in [6, 6.07) is 6.77. The molecule has 0 atom stereocenters. The maximum Gasteiger partial charge on any atom is 0.433 e. The van der Waals surface area contributed by atoms with Crippen LogP contribution >= 0.6 is 11.6 Å². The Labute approximate surface area is 204 Å². The van der Waals surface area contributed by atoms with Crippen molar-refractivity contribution in [3.05, 3.63) is 59.8 Å². The fourth-order valence-electron chi connectivity index (χ4n) is 3.80. The Morgan fingerprint density at radius 3 is 2.43 bits per heavy atom. The number of rotatable bonds is 7. The number of hydrogen-bond acceptors (Lipinski definition) is 5. The lowest BCUT2D eigenvalue weighted by Gasteiger charge is -2.19. The minimum Gasteiger partial charge on any atom is -0.495 e. The first-order valence-electron chi connectivity index (χ1n) is 10.7. The van der Waals surface area contributed by atoms with E-state index in [2.05, 4.69) is 20.1 Å². The van der Waals surface area contributed by atoms with Gasteiger partial charge in [0.15, 0.2) is 11.5 Å². The van der Waals surface area contributed by atoms with E-state index < -0.39 is 17.5 Å². The molecule has 4 aromatic rings. The predicted molar refractivity (Wildman–Crippen MR) is 126 cm³/mol. The first kappa shape index (κ1) is 24.7. The molecular formula is C24H23ClF3N5O2. The molecule has 3 aromatic heterocycles. The predicted octanol–water partition coefficient (Wildman–Crippen LogP) is 5.84. The van der Waals surface area contributed by atoms with Crippen molar-refractivity contribution < 1.29 is 23.0 Å². The second-order valence-corrected chi connectivity index (χ2v) is 8.91. The Morgan fingerprint density at radius 2 is 1.80 bits per heavy atom. The van der Waals surface area contributed by atoms with E-state index in [0.29, 0.717) is 27.5 Å². The largest absolute Gasteiger partial charge is 0.495 e. The van der Waals surface area contributed by atoms with Crippen molar-refractivity contribution in [2.45, 2.75) is 38.6 Å². The van der Waals surface area contributed by atoms with Crippen LogP contribution in [0.2, 0.25) is 5.02 Å². The average molecular weight is 506 g/mol. The van der Waals surface area contributed by atoms with E-state index in [1.807, 2.05) is 0 Å². The highest BCUT2D eigenvalue weighted by Crippen LogP contribution is 2.46. The lowest BCUT2D eigenvalue weighted by atomic mass is 9.98. The van der Waals surface area contributed by atoms with Gasteiger partial charge in [0.25, 0.3) is 0 Å². The highest BCUT2D eigenvalue weighted by Gasteiger charge is 2.40. The van der Waals surface area contributed by atoms with Gasteiger partial charge in [-0.25, -0.2) is 9.97 Å². The highest BCUT2D eigenvalue weighted by molar-refractivity contribution is 6.35. The molecule has 0 aliphatic carbocycles. The monoisotopic (exact) mass is 505 g/mol. The van der Waals surface area contributed by atoms with Crippen LogP contribution in [-0.2, 0) is 12.7 Å². The smallest absolute Gasteiger partial charge is 0.433 e. The Hall–Kier alpha value is -3.37. The third-order valence-electron chi connectivity index (χ3n) is 5.46. The molecule has 0 amide bonds. The standard InChI is InChI=1S/C24H23ClF3N5O2/c1-23(2,34)8-11-33-21(24(26,27)28)16(13-32-33)20-18(22-29-9-5-10-30-22)15(12-31-20)14-6-4-7-17(35-3)19(14)25/h4-7,9-10,12-13,31,34H,8,11H2,1-3H3. The molecule has 0 radical (unpaired) electrons. The number of hydrogen-bond donors (Lipinski definition) is 2. The fraction of sp³-hybridized carbons (Fsp3) is 0.292. The molecule has 184 valence electrons. The van der Waals surface area contributed by atoms with Gasteiger partial charge >= 0.3 is 6.18 Å². The first-order chi connectivity index (χ1) is 16.5. The lowest BCUT2D eigenvalue weighted by molar-refractivity contribution is -0.144. The third-order valence-corrected chi connectivity index (χ3v) is 5.85. The van der Waals surface area contributed by atoms with E-state index in [1.54, 1.807) is 30.5 Å². The third kappa shape index (κ3) is 5.03. The highest BCUT2D eigenvalue weighted by atomic mass is 35.5. The second kappa shape index (κ2) is 9.35. The number of aromatic nitrogens is 5. The Balaban J connectivity index is 1.95. The summed E-state index contributed by atoms with van der Waals surface area (Å²) in [6.45, 7) is 2.94. The number of nitrogens with zero attached hydrogens (tertiary/aromatic N) is 4. The minimum atomic E-state index is -4.71. The number of ether oxygens (including phenoxy) is 1. The van der Waals surface area contributed by atoms with Gasteiger partial charge in [-0.2, -0.15) is 18.3 Å².